The first kappa shape index (κ1) is 21.0. The van der Waals surface area contributed by atoms with Gasteiger partial charge in [0.25, 0.3) is 5.56 Å². The van der Waals surface area contributed by atoms with Gasteiger partial charge in [0.1, 0.15) is 23.0 Å². The molecule has 1 N–H and O–H groups in total. The molecule has 0 saturated carbocycles. The molecule has 0 unspecified atom stereocenters. The summed E-state index contributed by atoms with van der Waals surface area (Å²) in [6.45, 7) is 0.258. The zero-order valence-corrected chi connectivity index (χ0v) is 18.4. The first-order chi connectivity index (χ1) is 14.3. The minimum Gasteiger partial charge on any atom is -0.324 e. The van der Waals surface area contributed by atoms with E-state index in [4.69, 9.17) is 16.6 Å². The Morgan fingerprint density at radius 2 is 2.10 bits per heavy atom. The fourth-order valence-corrected chi connectivity index (χ4v) is 5.22. The van der Waals surface area contributed by atoms with E-state index in [1.165, 1.54) is 27.6 Å². The quantitative estimate of drug-likeness (QED) is 0.644. The molecule has 0 bridgehead atoms. The summed E-state index contributed by atoms with van der Waals surface area (Å²) in [5.41, 5.74) is 1.29. The maximum Gasteiger partial charge on any atom is 0.263 e. The number of carbonyl (C=O) groups is 1. The molecule has 1 aromatic carbocycles. The molecule has 2 aromatic heterocycles. The molecule has 2 heterocycles. The number of nitrogens with one attached hydrogen (secondary N) is 1. The van der Waals surface area contributed by atoms with Gasteiger partial charge in [-0.15, -0.1) is 11.3 Å². The van der Waals surface area contributed by atoms with Crippen molar-refractivity contribution >= 4 is 44.7 Å². The van der Waals surface area contributed by atoms with Gasteiger partial charge in [-0.1, -0.05) is 11.6 Å². The molecule has 0 fully saturated rings. The van der Waals surface area contributed by atoms with Crippen molar-refractivity contribution in [1.82, 2.24) is 14.5 Å². The molecule has 0 radical (unpaired) electrons. The van der Waals surface area contributed by atoms with E-state index in [0.29, 0.717) is 23.4 Å². The van der Waals surface area contributed by atoms with Crippen molar-refractivity contribution < 1.29 is 9.18 Å². The van der Waals surface area contributed by atoms with Crippen LogP contribution in [0.4, 0.5) is 10.1 Å². The lowest BCUT2D eigenvalue weighted by atomic mass is 9.97. The van der Waals surface area contributed by atoms with Crippen molar-refractivity contribution in [2.75, 3.05) is 19.4 Å². The van der Waals surface area contributed by atoms with Gasteiger partial charge in [-0.3, -0.25) is 14.2 Å². The molecule has 0 aliphatic heterocycles. The van der Waals surface area contributed by atoms with Gasteiger partial charge in [0, 0.05) is 10.6 Å². The van der Waals surface area contributed by atoms with Crippen LogP contribution in [0.3, 0.4) is 0 Å². The maximum atomic E-state index is 13.4. The lowest BCUT2D eigenvalue weighted by Crippen LogP contribution is -2.33. The molecule has 0 spiro atoms. The Morgan fingerprint density at radius 3 is 2.83 bits per heavy atom. The molecule has 158 valence electrons. The number of carbonyl (C=O) groups excluding carboxylic acids is 1. The third-order valence-electron chi connectivity index (χ3n) is 5.12. The number of nitrogens with zero attached hydrogens (tertiary/aromatic N) is 3. The second kappa shape index (κ2) is 8.45. The van der Waals surface area contributed by atoms with E-state index in [9.17, 15) is 14.0 Å². The number of rotatable bonds is 5. The van der Waals surface area contributed by atoms with Crippen molar-refractivity contribution in [2.24, 2.45) is 0 Å². The van der Waals surface area contributed by atoms with Crippen molar-refractivity contribution in [2.45, 2.75) is 38.8 Å². The van der Waals surface area contributed by atoms with Crippen LogP contribution in [0.15, 0.2) is 23.0 Å². The molecule has 9 heteroatoms. The van der Waals surface area contributed by atoms with Crippen LogP contribution in [-0.2, 0) is 30.7 Å². The number of hydrogen-bond acceptors (Lipinski definition) is 5. The lowest BCUT2D eigenvalue weighted by molar-refractivity contribution is -0.116. The Bertz CT molecular complexity index is 1190. The monoisotopic (exact) mass is 448 g/mol. The predicted molar refractivity (Wildman–Crippen MR) is 118 cm³/mol. The van der Waals surface area contributed by atoms with Gasteiger partial charge in [-0.05, 0) is 63.5 Å². The molecule has 6 nitrogen and oxygen atoms in total. The molecular formula is C21H22ClFN4O2S. The standard InChI is InChI=1S/C21H22ClFN4O2S/c1-26(2)10-17-25-20-19(13-5-3-4-6-16(13)30-20)21(29)27(17)11-18(28)24-12-7-8-15(23)14(22)9-12/h7-9H,3-6,10-11H2,1-2H3,(H,24,28). The second-order valence-corrected chi connectivity index (χ2v) is 9.22. The molecule has 1 aliphatic rings. The van der Waals surface area contributed by atoms with E-state index in [-0.39, 0.29) is 17.1 Å². The van der Waals surface area contributed by atoms with Crippen LogP contribution in [0.2, 0.25) is 5.02 Å². The first-order valence-electron chi connectivity index (χ1n) is 9.77. The van der Waals surface area contributed by atoms with Gasteiger partial charge in [0.2, 0.25) is 5.91 Å². The fourth-order valence-electron chi connectivity index (χ4n) is 3.77. The Labute approximate surface area is 182 Å². The number of aromatic nitrogens is 2. The zero-order valence-electron chi connectivity index (χ0n) is 16.8. The lowest BCUT2D eigenvalue weighted by Gasteiger charge is -2.16. The van der Waals surface area contributed by atoms with Crippen LogP contribution in [0.25, 0.3) is 10.2 Å². The van der Waals surface area contributed by atoms with E-state index >= 15 is 0 Å². The normalized spacial score (nSPS) is 13.6. The van der Waals surface area contributed by atoms with Crippen molar-refractivity contribution in [3.8, 4) is 0 Å². The van der Waals surface area contributed by atoms with Crippen molar-refractivity contribution in [1.29, 1.82) is 0 Å². The molecule has 1 aliphatic carbocycles. The van der Waals surface area contributed by atoms with Crippen LogP contribution >= 0.6 is 22.9 Å². The molecule has 4 rings (SSSR count). The van der Waals surface area contributed by atoms with Gasteiger partial charge in [-0.2, -0.15) is 0 Å². The summed E-state index contributed by atoms with van der Waals surface area (Å²) in [7, 11) is 3.78. The number of aryl methyl sites for hydroxylation is 2. The van der Waals surface area contributed by atoms with E-state index < -0.39 is 11.7 Å². The number of halogens is 2. The van der Waals surface area contributed by atoms with E-state index in [0.717, 1.165) is 36.1 Å². The highest BCUT2D eigenvalue weighted by Crippen LogP contribution is 2.33. The highest BCUT2D eigenvalue weighted by molar-refractivity contribution is 7.18. The number of thiophene rings is 1. The topological polar surface area (TPSA) is 67.2 Å². The summed E-state index contributed by atoms with van der Waals surface area (Å²) in [5.74, 6) is -0.413. The summed E-state index contributed by atoms with van der Waals surface area (Å²) >= 11 is 7.38. The molecular weight excluding hydrogens is 427 g/mol. The Balaban J connectivity index is 1.72. The Morgan fingerprint density at radius 1 is 1.33 bits per heavy atom. The van der Waals surface area contributed by atoms with Crippen LogP contribution in [0.5, 0.6) is 0 Å². The molecule has 1 amide bonds. The summed E-state index contributed by atoms with van der Waals surface area (Å²) in [6, 6.07) is 3.96. The SMILES string of the molecule is CN(C)Cc1nc2sc3c(c2c(=O)n1CC(=O)Nc1ccc(F)c(Cl)c1)CCCC3. The second-order valence-electron chi connectivity index (χ2n) is 7.73. The largest absolute Gasteiger partial charge is 0.324 e. The van der Waals surface area contributed by atoms with E-state index in [1.807, 2.05) is 19.0 Å². The third kappa shape index (κ3) is 4.12. The average Bonchev–Trinajstić information content (AvgIpc) is 3.05. The van der Waals surface area contributed by atoms with Crippen molar-refractivity contribution in [3.63, 3.8) is 0 Å². The predicted octanol–water partition coefficient (Wildman–Crippen LogP) is 3.83. The molecule has 0 saturated heterocycles. The summed E-state index contributed by atoms with van der Waals surface area (Å²) < 4.78 is 14.8. The highest BCUT2D eigenvalue weighted by atomic mass is 35.5. The van der Waals surface area contributed by atoms with Gasteiger partial charge in [0.15, 0.2) is 0 Å². The fraction of sp³-hybridized carbons (Fsp3) is 0.381. The zero-order chi connectivity index (χ0) is 21.4. The third-order valence-corrected chi connectivity index (χ3v) is 6.59. The average molecular weight is 449 g/mol. The van der Waals surface area contributed by atoms with Crippen molar-refractivity contribution in [3.05, 3.63) is 55.7 Å². The van der Waals surface area contributed by atoms with Crippen LogP contribution < -0.4 is 10.9 Å². The molecule has 0 atom stereocenters. The molecule has 3 aromatic rings. The number of benzene rings is 1. The first-order valence-corrected chi connectivity index (χ1v) is 11.0. The maximum absolute atomic E-state index is 13.4. The highest BCUT2D eigenvalue weighted by Gasteiger charge is 2.23. The van der Waals surface area contributed by atoms with E-state index in [1.54, 1.807) is 11.3 Å². The van der Waals surface area contributed by atoms with Gasteiger partial charge < -0.3 is 10.2 Å². The number of anilines is 1. The Hall–Kier alpha value is -2.29. The smallest absolute Gasteiger partial charge is 0.263 e. The number of amides is 1. The Kier molecular flexibility index (Phi) is 5.90. The van der Waals surface area contributed by atoms with Gasteiger partial charge in [-0.25, -0.2) is 9.37 Å². The number of fused-ring (bicyclic) bond motifs is 3. The summed E-state index contributed by atoms with van der Waals surface area (Å²) in [5, 5.41) is 3.25. The minimum atomic E-state index is -0.559. The van der Waals surface area contributed by atoms with Crippen LogP contribution in [0.1, 0.15) is 29.1 Å². The molecule has 30 heavy (non-hydrogen) atoms. The van der Waals surface area contributed by atoms with Gasteiger partial charge in [0.05, 0.1) is 17.0 Å². The summed E-state index contributed by atoms with van der Waals surface area (Å²) in [4.78, 5) is 34.8. The van der Waals surface area contributed by atoms with Crippen LogP contribution in [0, 0.1) is 5.82 Å². The van der Waals surface area contributed by atoms with Crippen LogP contribution in [-0.4, -0.2) is 34.5 Å². The van der Waals surface area contributed by atoms with E-state index in [2.05, 4.69) is 5.32 Å². The summed E-state index contributed by atoms with van der Waals surface area (Å²) in [6.07, 6.45) is 4.04. The van der Waals surface area contributed by atoms with Gasteiger partial charge >= 0.3 is 0 Å². The number of hydrogen-bond donors (Lipinski definition) is 1. The minimum absolute atomic E-state index is 0.0775.